The van der Waals surface area contributed by atoms with Crippen LogP contribution in [0.25, 0.3) is 0 Å². The third-order valence-corrected chi connectivity index (χ3v) is 8.92. The Morgan fingerprint density at radius 2 is 1.75 bits per heavy atom. The van der Waals surface area contributed by atoms with Crippen molar-refractivity contribution in [2.45, 2.75) is 31.0 Å². The minimum atomic E-state index is -4.40. The van der Waals surface area contributed by atoms with E-state index in [9.17, 15) is 18.0 Å². The summed E-state index contributed by atoms with van der Waals surface area (Å²) in [7, 11) is -3.17. The standard InChI is InChI=1S/C26H27ClN4O6S3/c1-37-26(33)30-19(13-16-5-3-2-4-6-16)24(32)28-20(14-17-7-9-18(10-8-17)31-40(34,35)36)25-29-21(15-38-25)22-11-12-23(27)39-22/h2-12,19-21,31H,13-15H2,1H3,(H,28,32)(H,30,33)(H,34,35,36)/t19-,20-,21?/m0/s1. The van der Waals surface area contributed by atoms with E-state index in [0.29, 0.717) is 16.5 Å². The molecule has 2 aromatic carbocycles. The zero-order valence-corrected chi connectivity index (χ0v) is 24.4. The second-order valence-electron chi connectivity index (χ2n) is 8.85. The molecule has 0 saturated carbocycles. The second-order valence-corrected chi connectivity index (χ2v) is 12.8. The zero-order chi connectivity index (χ0) is 28.7. The molecule has 4 N–H and O–H groups in total. The monoisotopic (exact) mass is 622 g/mol. The number of hydrogen-bond donors (Lipinski definition) is 4. The highest BCUT2D eigenvalue weighted by Crippen LogP contribution is 2.37. The molecule has 2 amide bonds. The molecule has 1 aliphatic rings. The van der Waals surface area contributed by atoms with Gasteiger partial charge in [-0.25, -0.2) is 4.79 Å². The molecule has 212 valence electrons. The van der Waals surface area contributed by atoms with Crippen molar-refractivity contribution < 1.29 is 27.3 Å². The van der Waals surface area contributed by atoms with E-state index >= 15 is 0 Å². The molecule has 1 aliphatic heterocycles. The molecule has 1 unspecified atom stereocenters. The van der Waals surface area contributed by atoms with Gasteiger partial charge < -0.3 is 15.4 Å². The van der Waals surface area contributed by atoms with Crippen molar-refractivity contribution in [1.82, 2.24) is 10.6 Å². The summed E-state index contributed by atoms with van der Waals surface area (Å²) >= 11 is 9.11. The number of methoxy groups -OCH3 is 1. The lowest BCUT2D eigenvalue weighted by molar-refractivity contribution is -0.123. The highest BCUT2D eigenvalue weighted by atomic mass is 35.5. The molecule has 1 aromatic heterocycles. The van der Waals surface area contributed by atoms with Crippen LogP contribution in [0.3, 0.4) is 0 Å². The smallest absolute Gasteiger partial charge is 0.407 e. The normalized spacial score (nSPS) is 16.5. The number of nitrogens with one attached hydrogen (secondary N) is 3. The summed E-state index contributed by atoms with van der Waals surface area (Å²) in [5.74, 6) is 0.277. The lowest BCUT2D eigenvalue weighted by Gasteiger charge is -2.23. The Balaban J connectivity index is 1.58. The number of nitrogens with zero attached hydrogens (tertiary/aromatic N) is 1. The molecule has 2 heterocycles. The number of halogens is 1. The van der Waals surface area contributed by atoms with E-state index in [-0.39, 0.29) is 18.2 Å². The third kappa shape index (κ3) is 8.70. The predicted octanol–water partition coefficient (Wildman–Crippen LogP) is 4.50. The van der Waals surface area contributed by atoms with Gasteiger partial charge in [0.1, 0.15) is 6.04 Å². The van der Waals surface area contributed by atoms with E-state index < -0.39 is 34.4 Å². The van der Waals surface area contributed by atoms with Crippen molar-refractivity contribution in [1.29, 1.82) is 0 Å². The number of carbonyl (C=O) groups excluding carboxylic acids is 2. The maximum absolute atomic E-state index is 13.6. The van der Waals surface area contributed by atoms with Gasteiger partial charge in [0.05, 0.1) is 34.3 Å². The number of anilines is 1. The van der Waals surface area contributed by atoms with Crippen LogP contribution >= 0.6 is 34.7 Å². The van der Waals surface area contributed by atoms with Crippen LogP contribution < -0.4 is 15.4 Å². The Labute approximate surface area is 245 Å². The van der Waals surface area contributed by atoms with Gasteiger partial charge in [0.15, 0.2) is 0 Å². The number of alkyl carbamates (subject to hydrolysis) is 1. The van der Waals surface area contributed by atoms with Crippen LogP contribution in [0, 0.1) is 0 Å². The van der Waals surface area contributed by atoms with Crippen molar-refractivity contribution in [2.24, 2.45) is 4.99 Å². The number of hydrogen-bond acceptors (Lipinski definition) is 8. The quantitative estimate of drug-likeness (QED) is 0.230. The fraction of sp³-hybridized carbons (Fsp3) is 0.269. The maximum atomic E-state index is 13.6. The molecule has 3 atom stereocenters. The Hall–Kier alpha value is -3.10. The van der Waals surface area contributed by atoms with Crippen molar-refractivity contribution in [3.05, 3.63) is 87.1 Å². The lowest BCUT2D eigenvalue weighted by Crippen LogP contribution is -2.52. The fourth-order valence-electron chi connectivity index (χ4n) is 4.06. The molecular weight excluding hydrogens is 596 g/mol. The van der Waals surface area contributed by atoms with Gasteiger partial charge >= 0.3 is 16.4 Å². The molecule has 0 spiro atoms. The van der Waals surface area contributed by atoms with Crippen LogP contribution in [0.15, 0.2) is 71.7 Å². The average molecular weight is 623 g/mol. The summed E-state index contributed by atoms with van der Waals surface area (Å²) in [4.78, 5) is 31.5. The zero-order valence-electron chi connectivity index (χ0n) is 21.2. The first-order valence-electron chi connectivity index (χ1n) is 12.1. The fourth-order valence-corrected chi connectivity index (χ4v) is 6.83. The van der Waals surface area contributed by atoms with Crippen LogP contribution in [0.2, 0.25) is 4.34 Å². The van der Waals surface area contributed by atoms with Crippen molar-refractivity contribution in [3.8, 4) is 0 Å². The first-order chi connectivity index (χ1) is 19.1. The number of thiophene rings is 1. The van der Waals surface area contributed by atoms with Crippen LogP contribution in [0.5, 0.6) is 0 Å². The summed E-state index contributed by atoms with van der Waals surface area (Å²) < 4.78 is 38.7. The Kier molecular flexibility index (Phi) is 10.1. The van der Waals surface area contributed by atoms with Gasteiger partial charge in [0, 0.05) is 17.1 Å². The van der Waals surface area contributed by atoms with E-state index in [2.05, 4.69) is 10.6 Å². The Morgan fingerprint density at radius 1 is 1.05 bits per heavy atom. The van der Waals surface area contributed by atoms with E-state index in [4.69, 9.17) is 25.9 Å². The summed E-state index contributed by atoms with van der Waals surface area (Å²) in [5, 5.41) is 6.39. The molecule has 40 heavy (non-hydrogen) atoms. The minimum absolute atomic E-state index is 0.105. The highest BCUT2D eigenvalue weighted by molar-refractivity contribution is 8.14. The molecule has 0 radical (unpaired) electrons. The van der Waals surface area contributed by atoms with Crippen LogP contribution in [-0.4, -0.2) is 55.0 Å². The average Bonchev–Trinajstić information content (AvgIpc) is 3.58. The van der Waals surface area contributed by atoms with Crippen molar-refractivity contribution >= 4 is 67.7 Å². The van der Waals surface area contributed by atoms with Gasteiger partial charge in [-0.1, -0.05) is 54.1 Å². The molecule has 10 nitrogen and oxygen atoms in total. The Morgan fingerprint density at radius 3 is 2.38 bits per heavy atom. The number of amides is 2. The molecule has 3 aromatic rings. The minimum Gasteiger partial charge on any atom is -0.453 e. The van der Waals surface area contributed by atoms with E-state index in [1.54, 1.807) is 12.1 Å². The molecular formula is C26H27ClN4O6S3. The van der Waals surface area contributed by atoms with Crippen LogP contribution in [0.4, 0.5) is 10.5 Å². The summed E-state index contributed by atoms with van der Waals surface area (Å²) in [6.07, 6.45) is -0.130. The summed E-state index contributed by atoms with van der Waals surface area (Å²) in [6.45, 7) is 0. The SMILES string of the molecule is COC(=O)N[C@@H](Cc1ccccc1)C(=O)N[C@@H](Cc1ccc(NS(=O)(=O)O)cc1)C1=NC(c2ccc(Cl)s2)CS1. The molecule has 4 rings (SSSR count). The van der Waals surface area contributed by atoms with Gasteiger partial charge in [-0.2, -0.15) is 8.42 Å². The number of carbonyl (C=O) groups is 2. The van der Waals surface area contributed by atoms with Crippen LogP contribution in [0.1, 0.15) is 22.0 Å². The summed E-state index contributed by atoms with van der Waals surface area (Å²) in [6, 6.07) is 17.9. The first-order valence-corrected chi connectivity index (χ1v) is 15.7. The predicted molar refractivity (Wildman–Crippen MR) is 159 cm³/mol. The molecule has 0 aliphatic carbocycles. The largest absolute Gasteiger partial charge is 0.453 e. The van der Waals surface area contributed by atoms with Gasteiger partial charge in [0.25, 0.3) is 0 Å². The van der Waals surface area contributed by atoms with E-state index in [1.807, 2.05) is 47.2 Å². The molecule has 14 heteroatoms. The molecule has 0 saturated heterocycles. The van der Waals surface area contributed by atoms with Crippen molar-refractivity contribution in [3.63, 3.8) is 0 Å². The number of benzene rings is 2. The second kappa shape index (κ2) is 13.5. The van der Waals surface area contributed by atoms with Gasteiger partial charge in [-0.15, -0.1) is 23.1 Å². The highest BCUT2D eigenvalue weighted by Gasteiger charge is 2.31. The number of aliphatic imine (C=N–C) groups is 1. The lowest BCUT2D eigenvalue weighted by atomic mass is 10.0. The third-order valence-electron chi connectivity index (χ3n) is 5.93. The molecule has 0 fully saturated rings. The number of rotatable bonds is 11. The van der Waals surface area contributed by atoms with E-state index in [0.717, 1.165) is 21.0 Å². The van der Waals surface area contributed by atoms with Crippen LogP contribution in [-0.2, 0) is 32.7 Å². The topological polar surface area (TPSA) is 146 Å². The number of thioether (sulfide) groups is 1. The molecule has 0 bridgehead atoms. The Bertz CT molecular complexity index is 1470. The van der Waals surface area contributed by atoms with E-state index in [1.165, 1.54) is 42.3 Å². The summed E-state index contributed by atoms with van der Waals surface area (Å²) in [5.41, 5.74) is 1.84. The maximum Gasteiger partial charge on any atom is 0.407 e. The van der Waals surface area contributed by atoms with Gasteiger partial charge in [-0.05, 0) is 41.8 Å². The first kappa shape index (κ1) is 29.9. The van der Waals surface area contributed by atoms with Gasteiger partial charge in [0.2, 0.25) is 5.91 Å². The van der Waals surface area contributed by atoms with Crippen molar-refractivity contribution in [2.75, 3.05) is 17.6 Å². The van der Waals surface area contributed by atoms with Gasteiger partial charge in [-0.3, -0.25) is 19.1 Å². The number of ether oxygens (including phenoxy) is 1.